The lowest BCUT2D eigenvalue weighted by atomic mass is 9.85. The quantitative estimate of drug-likeness (QED) is 0.424. The molecule has 184 valence electrons. The van der Waals surface area contributed by atoms with E-state index in [2.05, 4.69) is 41.4 Å². The van der Waals surface area contributed by atoms with Crippen LogP contribution in [0.5, 0.6) is 0 Å². The number of nitrogens with zero attached hydrogens (tertiary/aromatic N) is 3. The van der Waals surface area contributed by atoms with Crippen molar-refractivity contribution >= 4 is 17.5 Å². The van der Waals surface area contributed by atoms with Crippen molar-refractivity contribution in [1.82, 2.24) is 20.2 Å². The fraction of sp³-hybridized carbons (Fsp3) is 0.750. The summed E-state index contributed by atoms with van der Waals surface area (Å²) in [5.74, 6) is 1.47. The van der Waals surface area contributed by atoms with Gasteiger partial charge in [-0.15, -0.1) is 0 Å². The van der Waals surface area contributed by atoms with Crippen LogP contribution in [0.3, 0.4) is 0 Å². The van der Waals surface area contributed by atoms with Crippen LogP contribution >= 0.6 is 0 Å². The van der Waals surface area contributed by atoms with Gasteiger partial charge in [0.25, 0.3) is 0 Å². The Bertz CT molecular complexity index is 805. The highest BCUT2D eigenvalue weighted by molar-refractivity contribution is 6.00. The van der Waals surface area contributed by atoms with E-state index in [1.807, 2.05) is 4.90 Å². The monoisotopic (exact) mass is 461 g/mol. The van der Waals surface area contributed by atoms with Crippen molar-refractivity contribution in [1.29, 1.82) is 0 Å². The second kappa shape index (κ2) is 11.9. The van der Waals surface area contributed by atoms with E-state index in [1.165, 1.54) is 0 Å². The largest absolute Gasteiger partial charge is 0.385 e. The molecule has 2 unspecified atom stereocenters. The number of ketones is 1. The van der Waals surface area contributed by atoms with Gasteiger partial charge in [-0.05, 0) is 25.3 Å². The number of carbonyl (C=O) groups excluding carboxylic acids is 2. The van der Waals surface area contributed by atoms with E-state index in [-0.39, 0.29) is 28.9 Å². The summed E-state index contributed by atoms with van der Waals surface area (Å²) in [4.78, 5) is 37.3. The SMILES string of the molecule is COCCCNc1nc(C(C)(C)C)ncc1C(=O)CC1CNCC(C(=O)N2CCOCC2)C1. The first-order valence-corrected chi connectivity index (χ1v) is 12.0. The normalized spacial score (nSPS) is 21.6. The molecular weight excluding hydrogens is 422 g/mol. The Morgan fingerprint density at radius 2 is 2.03 bits per heavy atom. The van der Waals surface area contributed by atoms with Crippen molar-refractivity contribution in [2.45, 2.75) is 45.4 Å². The summed E-state index contributed by atoms with van der Waals surface area (Å²) in [7, 11) is 1.67. The smallest absolute Gasteiger partial charge is 0.227 e. The van der Waals surface area contributed by atoms with Gasteiger partial charge in [-0.2, -0.15) is 0 Å². The first kappa shape index (κ1) is 25.5. The molecule has 0 bridgehead atoms. The van der Waals surface area contributed by atoms with Gasteiger partial charge in [0.2, 0.25) is 5.91 Å². The van der Waals surface area contributed by atoms with Gasteiger partial charge in [-0.25, -0.2) is 9.97 Å². The summed E-state index contributed by atoms with van der Waals surface area (Å²) in [6, 6.07) is 0. The lowest BCUT2D eigenvalue weighted by Gasteiger charge is -2.34. The summed E-state index contributed by atoms with van der Waals surface area (Å²) < 4.78 is 10.5. The predicted molar refractivity (Wildman–Crippen MR) is 127 cm³/mol. The molecule has 2 N–H and O–H groups in total. The third-order valence-corrected chi connectivity index (χ3v) is 6.17. The van der Waals surface area contributed by atoms with Crippen molar-refractivity contribution < 1.29 is 19.1 Å². The molecule has 2 saturated heterocycles. The average Bonchev–Trinajstić information content (AvgIpc) is 2.81. The zero-order chi connectivity index (χ0) is 23.8. The van der Waals surface area contributed by atoms with Crippen LogP contribution in [0.1, 0.15) is 56.2 Å². The van der Waals surface area contributed by atoms with Crippen molar-refractivity contribution in [2.75, 3.05) is 65.0 Å². The Morgan fingerprint density at radius 3 is 2.73 bits per heavy atom. The molecule has 33 heavy (non-hydrogen) atoms. The molecule has 2 fully saturated rings. The number of rotatable bonds is 9. The van der Waals surface area contributed by atoms with Crippen LogP contribution < -0.4 is 10.6 Å². The molecule has 1 aromatic heterocycles. The molecule has 3 heterocycles. The van der Waals surface area contributed by atoms with Crippen molar-refractivity contribution in [3.05, 3.63) is 17.6 Å². The molecule has 3 rings (SSSR count). The van der Waals surface area contributed by atoms with E-state index in [4.69, 9.17) is 9.47 Å². The second-order valence-electron chi connectivity index (χ2n) is 10.0. The highest BCUT2D eigenvalue weighted by atomic mass is 16.5. The first-order valence-electron chi connectivity index (χ1n) is 12.0. The van der Waals surface area contributed by atoms with Gasteiger partial charge < -0.3 is 25.0 Å². The Labute approximate surface area is 197 Å². The topological polar surface area (TPSA) is 106 Å². The molecule has 1 amide bonds. The lowest BCUT2D eigenvalue weighted by molar-refractivity contribution is -0.140. The van der Waals surface area contributed by atoms with E-state index in [0.717, 1.165) is 13.0 Å². The highest BCUT2D eigenvalue weighted by Gasteiger charge is 2.32. The maximum atomic E-state index is 13.3. The van der Waals surface area contributed by atoms with E-state index in [1.54, 1.807) is 13.3 Å². The fourth-order valence-electron chi connectivity index (χ4n) is 4.29. The zero-order valence-electron chi connectivity index (χ0n) is 20.5. The molecule has 2 atom stereocenters. The van der Waals surface area contributed by atoms with E-state index >= 15 is 0 Å². The van der Waals surface area contributed by atoms with Gasteiger partial charge in [0.1, 0.15) is 11.6 Å². The Kier molecular flexibility index (Phi) is 9.17. The summed E-state index contributed by atoms with van der Waals surface area (Å²) >= 11 is 0. The van der Waals surface area contributed by atoms with Crippen molar-refractivity contribution in [3.8, 4) is 0 Å². The lowest BCUT2D eigenvalue weighted by Crippen LogP contribution is -2.49. The number of hydrogen-bond donors (Lipinski definition) is 2. The standard InChI is InChI=1S/C24H39N5O4/c1-24(2,3)23-27-16-19(21(28-23)26-6-5-9-32-4)20(30)13-17-12-18(15-25-14-17)22(31)29-7-10-33-11-8-29/h16-18,25H,5-15H2,1-4H3,(H,26,27,28). The molecule has 0 radical (unpaired) electrons. The second-order valence-corrected chi connectivity index (χ2v) is 10.0. The van der Waals surface area contributed by atoms with Gasteiger partial charge in [-0.1, -0.05) is 20.8 Å². The number of amides is 1. The highest BCUT2D eigenvalue weighted by Crippen LogP contribution is 2.26. The minimum Gasteiger partial charge on any atom is -0.385 e. The zero-order valence-corrected chi connectivity index (χ0v) is 20.5. The van der Waals surface area contributed by atoms with Crippen LogP contribution in [0, 0.1) is 11.8 Å². The van der Waals surface area contributed by atoms with Crippen LogP contribution in [0.2, 0.25) is 0 Å². The molecule has 9 nitrogen and oxygen atoms in total. The average molecular weight is 462 g/mol. The Hall–Kier alpha value is -2.10. The summed E-state index contributed by atoms with van der Waals surface area (Å²) in [5.41, 5.74) is 0.298. The number of anilines is 1. The van der Waals surface area contributed by atoms with Gasteiger partial charge >= 0.3 is 0 Å². The van der Waals surface area contributed by atoms with Crippen LogP contribution in [0.15, 0.2) is 6.20 Å². The summed E-state index contributed by atoms with van der Waals surface area (Å²) in [6.45, 7) is 11.3. The van der Waals surface area contributed by atoms with Gasteiger partial charge in [0.05, 0.1) is 24.7 Å². The van der Waals surface area contributed by atoms with E-state index in [9.17, 15) is 9.59 Å². The number of nitrogens with one attached hydrogen (secondary N) is 2. The number of carbonyl (C=O) groups is 2. The molecule has 0 aliphatic carbocycles. The molecule has 2 aliphatic heterocycles. The van der Waals surface area contributed by atoms with Crippen molar-refractivity contribution in [3.63, 3.8) is 0 Å². The fourth-order valence-corrected chi connectivity index (χ4v) is 4.29. The third kappa shape index (κ3) is 7.19. The number of piperidine rings is 1. The first-order chi connectivity index (χ1) is 15.8. The Balaban J connectivity index is 1.66. The number of aromatic nitrogens is 2. The summed E-state index contributed by atoms with van der Waals surface area (Å²) in [5, 5.41) is 6.67. The van der Waals surface area contributed by atoms with Gasteiger partial charge in [0.15, 0.2) is 5.78 Å². The maximum absolute atomic E-state index is 13.3. The minimum absolute atomic E-state index is 0.0102. The minimum atomic E-state index is -0.217. The summed E-state index contributed by atoms with van der Waals surface area (Å²) in [6.07, 6.45) is 3.55. The third-order valence-electron chi connectivity index (χ3n) is 6.17. The molecule has 0 spiro atoms. The molecule has 0 saturated carbocycles. The van der Waals surface area contributed by atoms with Crippen molar-refractivity contribution in [2.24, 2.45) is 11.8 Å². The van der Waals surface area contributed by atoms with Crippen LogP contribution in [-0.2, 0) is 19.7 Å². The van der Waals surface area contributed by atoms with Crippen LogP contribution in [0.4, 0.5) is 5.82 Å². The molecular formula is C24H39N5O4. The van der Waals surface area contributed by atoms with E-state index in [0.29, 0.717) is 76.0 Å². The van der Waals surface area contributed by atoms with Crippen LogP contribution in [0.25, 0.3) is 0 Å². The number of Topliss-reactive ketones (excluding diaryl/α,β-unsaturated/α-hetero) is 1. The number of methoxy groups -OCH3 is 1. The molecule has 9 heteroatoms. The van der Waals surface area contributed by atoms with Gasteiger partial charge in [0, 0.05) is 57.9 Å². The molecule has 1 aromatic rings. The van der Waals surface area contributed by atoms with E-state index < -0.39 is 0 Å². The molecule has 2 aliphatic rings. The predicted octanol–water partition coefficient (Wildman–Crippen LogP) is 1.88. The molecule has 0 aromatic carbocycles. The number of ether oxygens (including phenoxy) is 2. The Morgan fingerprint density at radius 1 is 1.27 bits per heavy atom. The van der Waals surface area contributed by atoms with Crippen LogP contribution in [-0.4, -0.2) is 86.2 Å². The maximum Gasteiger partial charge on any atom is 0.227 e. The van der Waals surface area contributed by atoms with Gasteiger partial charge in [-0.3, -0.25) is 9.59 Å². The number of hydrogen-bond acceptors (Lipinski definition) is 8. The number of morpholine rings is 1.